The zero-order valence-electron chi connectivity index (χ0n) is 15.3. The summed E-state index contributed by atoms with van der Waals surface area (Å²) < 4.78 is 49.1. The van der Waals surface area contributed by atoms with Crippen LogP contribution in [0.15, 0.2) is 42.6 Å². The molecule has 0 atom stereocenters. The third-order valence-electron chi connectivity index (χ3n) is 3.79. The number of carbonyl (C=O) groups is 1. The Hall–Kier alpha value is -2.61. The van der Waals surface area contributed by atoms with Crippen LogP contribution in [0.5, 0.6) is 11.6 Å². The molecule has 1 aromatic carbocycles. The number of pyridine rings is 1. The van der Waals surface area contributed by atoms with E-state index in [4.69, 9.17) is 9.47 Å². The van der Waals surface area contributed by atoms with Gasteiger partial charge in [-0.05, 0) is 38.1 Å². The summed E-state index contributed by atoms with van der Waals surface area (Å²) in [5.74, 6) is -0.0873. The van der Waals surface area contributed by atoms with Crippen molar-refractivity contribution in [3.8, 4) is 11.6 Å². The van der Waals surface area contributed by atoms with E-state index in [1.807, 2.05) is 0 Å². The number of nitrogens with zero attached hydrogens (tertiary/aromatic N) is 1. The number of methoxy groups -OCH3 is 1. The molecule has 0 bridgehead atoms. The molecule has 0 aliphatic heterocycles. The van der Waals surface area contributed by atoms with Gasteiger partial charge in [0.25, 0.3) is 0 Å². The molecular weight excluding hydrogens is 361 g/mol. The number of amides is 1. The molecule has 0 aliphatic carbocycles. The smallest absolute Gasteiger partial charge is 0.416 e. The Kier molecular flexibility index (Phi) is 6.43. The molecule has 0 saturated heterocycles. The van der Waals surface area contributed by atoms with E-state index in [9.17, 15) is 18.0 Å². The second kappa shape index (κ2) is 8.39. The maximum atomic E-state index is 12.8. The van der Waals surface area contributed by atoms with Crippen LogP contribution in [0.1, 0.15) is 25.0 Å². The standard InChI is InChI=1S/C19H21F3N2O3/c1-18(2,12-26-3)17(25)24-11-13-6-5-9-23-16(13)27-15-8-4-7-14(10-15)19(20,21)22/h4-10H,11-12H2,1-3H3,(H,24,25). The largest absolute Gasteiger partial charge is 0.439 e. The van der Waals surface area contributed by atoms with Gasteiger partial charge in [0.05, 0.1) is 17.6 Å². The molecule has 2 rings (SSSR count). The molecule has 2 aromatic rings. The highest BCUT2D eigenvalue weighted by Gasteiger charge is 2.31. The highest BCUT2D eigenvalue weighted by Crippen LogP contribution is 2.33. The van der Waals surface area contributed by atoms with Gasteiger partial charge in [0, 0.05) is 25.4 Å². The number of alkyl halides is 3. The van der Waals surface area contributed by atoms with Crippen molar-refractivity contribution in [1.82, 2.24) is 10.3 Å². The van der Waals surface area contributed by atoms with Gasteiger partial charge in [-0.3, -0.25) is 4.79 Å². The van der Waals surface area contributed by atoms with Crippen molar-refractivity contribution in [3.05, 3.63) is 53.7 Å². The lowest BCUT2D eigenvalue weighted by Crippen LogP contribution is -2.39. The quantitative estimate of drug-likeness (QED) is 0.780. The number of carbonyl (C=O) groups excluding carboxylic acids is 1. The summed E-state index contributed by atoms with van der Waals surface area (Å²) in [5.41, 5.74) is -0.998. The number of hydrogen-bond donors (Lipinski definition) is 1. The fourth-order valence-electron chi connectivity index (χ4n) is 2.34. The average Bonchev–Trinajstić information content (AvgIpc) is 2.60. The van der Waals surface area contributed by atoms with Crippen LogP contribution in [-0.4, -0.2) is 24.6 Å². The van der Waals surface area contributed by atoms with Crippen LogP contribution in [-0.2, 0) is 22.3 Å². The summed E-state index contributed by atoms with van der Waals surface area (Å²) in [7, 11) is 1.51. The summed E-state index contributed by atoms with van der Waals surface area (Å²) in [4.78, 5) is 16.3. The Labute approximate surface area is 155 Å². The van der Waals surface area contributed by atoms with Crippen molar-refractivity contribution < 1.29 is 27.4 Å². The number of nitrogens with one attached hydrogen (secondary N) is 1. The van der Waals surface area contributed by atoms with E-state index >= 15 is 0 Å². The maximum Gasteiger partial charge on any atom is 0.416 e. The number of aromatic nitrogens is 1. The Morgan fingerprint density at radius 2 is 1.93 bits per heavy atom. The van der Waals surface area contributed by atoms with Gasteiger partial charge in [-0.25, -0.2) is 4.98 Å². The van der Waals surface area contributed by atoms with Crippen molar-refractivity contribution in [1.29, 1.82) is 0 Å². The molecule has 1 heterocycles. The highest BCUT2D eigenvalue weighted by molar-refractivity contribution is 5.81. The zero-order valence-corrected chi connectivity index (χ0v) is 15.3. The molecule has 0 spiro atoms. The topological polar surface area (TPSA) is 60.5 Å². The van der Waals surface area contributed by atoms with Gasteiger partial charge in [0.2, 0.25) is 11.8 Å². The Morgan fingerprint density at radius 1 is 1.19 bits per heavy atom. The molecule has 0 aliphatic rings. The van der Waals surface area contributed by atoms with Crippen molar-refractivity contribution in [2.75, 3.05) is 13.7 Å². The average molecular weight is 382 g/mol. The normalized spacial score (nSPS) is 11.9. The van der Waals surface area contributed by atoms with Crippen molar-refractivity contribution in [3.63, 3.8) is 0 Å². The van der Waals surface area contributed by atoms with Gasteiger partial charge < -0.3 is 14.8 Å². The lowest BCUT2D eigenvalue weighted by Gasteiger charge is -2.22. The van der Waals surface area contributed by atoms with E-state index < -0.39 is 17.2 Å². The van der Waals surface area contributed by atoms with E-state index in [0.29, 0.717) is 5.56 Å². The third-order valence-corrected chi connectivity index (χ3v) is 3.79. The predicted molar refractivity (Wildman–Crippen MR) is 93.3 cm³/mol. The first-order valence-corrected chi connectivity index (χ1v) is 8.20. The molecule has 8 heteroatoms. The first kappa shape index (κ1) is 20.7. The first-order chi connectivity index (χ1) is 12.6. The van der Waals surface area contributed by atoms with Crippen LogP contribution in [0.4, 0.5) is 13.2 Å². The molecular formula is C19H21F3N2O3. The van der Waals surface area contributed by atoms with Crippen LogP contribution in [0.25, 0.3) is 0 Å². The second-order valence-corrected chi connectivity index (χ2v) is 6.59. The summed E-state index contributed by atoms with van der Waals surface area (Å²) in [6, 6.07) is 7.87. The molecule has 0 saturated carbocycles. The monoisotopic (exact) mass is 382 g/mol. The van der Waals surface area contributed by atoms with Crippen LogP contribution < -0.4 is 10.1 Å². The Morgan fingerprint density at radius 3 is 2.59 bits per heavy atom. The van der Waals surface area contributed by atoms with E-state index in [1.54, 1.807) is 26.0 Å². The van der Waals surface area contributed by atoms with Gasteiger partial charge in [-0.15, -0.1) is 0 Å². The number of ether oxygens (including phenoxy) is 2. The fourth-order valence-corrected chi connectivity index (χ4v) is 2.34. The minimum Gasteiger partial charge on any atom is -0.439 e. The first-order valence-electron chi connectivity index (χ1n) is 8.20. The molecule has 1 aromatic heterocycles. The Balaban J connectivity index is 2.14. The van der Waals surface area contributed by atoms with Crippen molar-refractivity contribution >= 4 is 5.91 Å². The summed E-state index contributed by atoms with van der Waals surface area (Å²) in [5, 5.41) is 2.77. The van der Waals surface area contributed by atoms with Gasteiger partial charge in [0.15, 0.2) is 0 Å². The fraction of sp³-hybridized carbons (Fsp3) is 0.368. The lowest BCUT2D eigenvalue weighted by molar-refractivity contribution is -0.137. The number of halogens is 3. The van der Waals surface area contributed by atoms with E-state index in [1.165, 1.54) is 25.4 Å². The third kappa shape index (κ3) is 5.68. The Bertz CT molecular complexity index is 792. The molecule has 27 heavy (non-hydrogen) atoms. The summed E-state index contributed by atoms with van der Waals surface area (Å²) in [6.45, 7) is 3.86. The van der Waals surface area contributed by atoms with Crippen LogP contribution in [0.2, 0.25) is 0 Å². The zero-order chi connectivity index (χ0) is 20.1. The summed E-state index contributed by atoms with van der Waals surface area (Å²) >= 11 is 0. The predicted octanol–water partition coefficient (Wildman–Crippen LogP) is 4.18. The second-order valence-electron chi connectivity index (χ2n) is 6.59. The molecule has 1 amide bonds. The van der Waals surface area contributed by atoms with E-state index in [-0.39, 0.29) is 30.7 Å². The van der Waals surface area contributed by atoms with Crippen LogP contribution >= 0.6 is 0 Å². The molecule has 5 nitrogen and oxygen atoms in total. The van der Waals surface area contributed by atoms with Crippen molar-refractivity contribution in [2.45, 2.75) is 26.6 Å². The van der Waals surface area contributed by atoms with E-state index in [2.05, 4.69) is 10.3 Å². The van der Waals surface area contributed by atoms with E-state index in [0.717, 1.165) is 12.1 Å². The van der Waals surface area contributed by atoms with Gasteiger partial charge >= 0.3 is 6.18 Å². The van der Waals surface area contributed by atoms with Gasteiger partial charge in [-0.1, -0.05) is 12.1 Å². The number of hydrogen-bond acceptors (Lipinski definition) is 4. The summed E-state index contributed by atoms with van der Waals surface area (Å²) in [6.07, 6.45) is -3.00. The highest BCUT2D eigenvalue weighted by atomic mass is 19.4. The minimum atomic E-state index is -4.47. The maximum absolute atomic E-state index is 12.8. The molecule has 0 unspecified atom stereocenters. The van der Waals surface area contributed by atoms with Crippen LogP contribution in [0, 0.1) is 5.41 Å². The lowest BCUT2D eigenvalue weighted by atomic mass is 9.93. The molecule has 1 N–H and O–H groups in total. The van der Waals surface area contributed by atoms with Gasteiger partial charge in [0.1, 0.15) is 5.75 Å². The SMILES string of the molecule is COCC(C)(C)C(=O)NCc1cccnc1Oc1cccc(C(F)(F)F)c1. The molecule has 0 radical (unpaired) electrons. The number of benzene rings is 1. The van der Waals surface area contributed by atoms with Gasteiger partial charge in [-0.2, -0.15) is 13.2 Å². The molecule has 146 valence electrons. The number of rotatable bonds is 7. The van der Waals surface area contributed by atoms with Crippen molar-refractivity contribution in [2.24, 2.45) is 5.41 Å². The minimum absolute atomic E-state index is 0.0100. The van der Waals surface area contributed by atoms with Crippen LogP contribution in [0.3, 0.4) is 0 Å². The molecule has 0 fully saturated rings.